The summed E-state index contributed by atoms with van der Waals surface area (Å²) >= 11 is 1.58. The van der Waals surface area contributed by atoms with Gasteiger partial charge in [-0.25, -0.2) is 4.98 Å². The molecule has 1 N–H and O–H groups in total. The van der Waals surface area contributed by atoms with E-state index in [9.17, 15) is 4.79 Å². The Hall–Kier alpha value is -1.68. The van der Waals surface area contributed by atoms with Crippen LogP contribution in [0.25, 0.3) is 10.6 Å². The molecule has 0 saturated carbocycles. The van der Waals surface area contributed by atoms with Gasteiger partial charge in [0.25, 0.3) is 0 Å². The molecule has 0 fully saturated rings. The molecule has 3 nitrogen and oxygen atoms in total. The van der Waals surface area contributed by atoms with Gasteiger partial charge in [0.15, 0.2) is 0 Å². The van der Waals surface area contributed by atoms with Crippen LogP contribution in [0.15, 0.2) is 29.6 Å². The van der Waals surface area contributed by atoms with Crippen LogP contribution in [-0.4, -0.2) is 16.1 Å². The van der Waals surface area contributed by atoms with Crippen molar-refractivity contribution in [2.45, 2.75) is 26.2 Å². The number of carboxylic acids is 1. The molecule has 0 amide bonds. The third-order valence-electron chi connectivity index (χ3n) is 2.78. The maximum Gasteiger partial charge on any atom is 0.303 e. The van der Waals surface area contributed by atoms with E-state index in [0.29, 0.717) is 6.42 Å². The number of rotatable bonds is 5. The van der Waals surface area contributed by atoms with Gasteiger partial charge in [0, 0.05) is 17.4 Å². The number of benzene rings is 1. The Kier molecular flexibility index (Phi) is 4.10. The fraction of sp³-hybridized carbons (Fsp3) is 0.286. The largest absolute Gasteiger partial charge is 0.481 e. The van der Waals surface area contributed by atoms with E-state index >= 15 is 0 Å². The topological polar surface area (TPSA) is 50.2 Å². The molecule has 2 aromatic rings. The smallest absolute Gasteiger partial charge is 0.303 e. The predicted molar refractivity (Wildman–Crippen MR) is 72.9 cm³/mol. The van der Waals surface area contributed by atoms with Crippen LogP contribution in [0, 0.1) is 0 Å². The molecule has 0 aliphatic carbocycles. The summed E-state index contributed by atoms with van der Waals surface area (Å²) in [5, 5.41) is 11.6. The maximum absolute atomic E-state index is 10.5. The Morgan fingerprint density at radius 1 is 1.39 bits per heavy atom. The lowest BCUT2D eigenvalue weighted by atomic mass is 10.1. The first-order valence-electron chi connectivity index (χ1n) is 5.95. The molecule has 0 saturated heterocycles. The Bertz CT molecular complexity index is 548. The Labute approximate surface area is 110 Å². The molecular weight excluding hydrogens is 246 g/mol. The van der Waals surface area contributed by atoms with E-state index in [4.69, 9.17) is 5.11 Å². The first-order valence-corrected chi connectivity index (χ1v) is 6.83. The zero-order valence-electron chi connectivity index (χ0n) is 10.2. The minimum Gasteiger partial charge on any atom is -0.481 e. The van der Waals surface area contributed by atoms with Gasteiger partial charge in [0.05, 0.1) is 12.1 Å². The van der Waals surface area contributed by atoms with E-state index in [0.717, 1.165) is 22.7 Å². The number of nitrogens with zero attached hydrogens (tertiary/aromatic N) is 1. The SMILES string of the molecule is CCc1ccccc1-c1nc(CCC(=O)O)cs1. The molecule has 1 aromatic heterocycles. The maximum atomic E-state index is 10.5. The number of carboxylic acid groups (broad SMARTS) is 1. The zero-order valence-corrected chi connectivity index (χ0v) is 11.0. The first-order chi connectivity index (χ1) is 8.70. The van der Waals surface area contributed by atoms with Gasteiger partial charge < -0.3 is 5.11 Å². The molecule has 0 spiro atoms. The average molecular weight is 261 g/mol. The van der Waals surface area contributed by atoms with Crippen molar-refractivity contribution in [1.82, 2.24) is 4.98 Å². The number of hydrogen-bond acceptors (Lipinski definition) is 3. The Balaban J connectivity index is 2.21. The number of aryl methyl sites for hydroxylation is 2. The van der Waals surface area contributed by atoms with Crippen molar-refractivity contribution in [1.29, 1.82) is 0 Å². The highest BCUT2D eigenvalue weighted by Crippen LogP contribution is 2.27. The van der Waals surface area contributed by atoms with Crippen LogP contribution in [-0.2, 0) is 17.6 Å². The molecule has 0 atom stereocenters. The second-order valence-corrected chi connectivity index (χ2v) is 4.91. The van der Waals surface area contributed by atoms with E-state index in [2.05, 4.69) is 24.0 Å². The fourth-order valence-electron chi connectivity index (χ4n) is 1.82. The van der Waals surface area contributed by atoms with Crippen molar-refractivity contribution in [3.05, 3.63) is 40.9 Å². The molecule has 0 bridgehead atoms. The van der Waals surface area contributed by atoms with Gasteiger partial charge in [-0.1, -0.05) is 31.2 Å². The molecule has 0 aliphatic heterocycles. The van der Waals surface area contributed by atoms with E-state index in [1.165, 1.54) is 5.56 Å². The summed E-state index contributed by atoms with van der Waals surface area (Å²) in [6, 6.07) is 8.21. The van der Waals surface area contributed by atoms with E-state index in [-0.39, 0.29) is 6.42 Å². The lowest BCUT2D eigenvalue weighted by Crippen LogP contribution is -1.97. The van der Waals surface area contributed by atoms with Gasteiger partial charge in [-0.15, -0.1) is 11.3 Å². The molecule has 94 valence electrons. The lowest BCUT2D eigenvalue weighted by molar-refractivity contribution is -0.136. The van der Waals surface area contributed by atoms with Gasteiger partial charge >= 0.3 is 5.97 Å². The molecule has 0 aliphatic rings. The van der Waals surface area contributed by atoms with Crippen molar-refractivity contribution in [3.63, 3.8) is 0 Å². The van der Waals surface area contributed by atoms with Crippen LogP contribution in [0.4, 0.5) is 0 Å². The van der Waals surface area contributed by atoms with Crippen molar-refractivity contribution in [2.75, 3.05) is 0 Å². The summed E-state index contributed by atoms with van der Waals surface area (Å²) < 4.78 is 0. The molecule has 1 heterocycles. The third kappa shape index (κ3) is 2.96. The standard InChI is InChI=1S/C14H15NO2S/c1-2-10-5-3-4-6-12(10)14-15-11(9-18-14)7-8-13(16)17/h3-6,9H,2,7-8H2,1H3,(H,16,17). The van der Waals surface area contributed by atoms with E-state index in [1.54, 1.807) is 11.3 Å². The first kappa shape index (κ1) is 12.8. The van der Waals surface area contributed by atoms with Crippen LogP contribution < -0.4 is 0 Å². The lowest BCUT2D eigenvalue weighted by Gasteiger charge is -2.03. The zero-order chi connectivity index (χ0) is 13.0. The molecule has 0 radical (unpaired) electrons. The molecule has 2 rings (SSSR count). The summed E-state index contributed by atoms with van der Waals surface area (Å²) in [5.74, 6) is -0.779. The summed E-state index contributed by atoms with van der Waals surface area (Å²) in [4.78, 5) is 15.0. The van der Waals surface area contributed by atoms with Gasteiger partial charge in [0.1, 0.15) is 5.01 Å². The molecule has 18 heavy (non-hydrogen) atoms. The predicted octanol–water partition coefficient (Wildman–Crippen LogP) is 3.39. The normalized spacial score (nSPS) is 10.5. The molecule has 4 heteroatoms. The van der Waals surface area contributed by atoms with Crippen molar-refractivity contribution >= 4 is 17.3 Å². The number of aliphatic carboxylic acids is 1. The van der Waals surface area contributed by atoms with Crippen molar-refractivity contribution in [3.8, 4) is 10.6 Å². The monoisotopic (exact) mass is 261 g/mol. The van der Waals surface area contributed by atoms with Gasteiger partial charge in [0.2, 0.25) is 0 Å². The Morgan fingerprint density at radius 3 is 2.89 bits per heavy atom. The summed E-state index contributed by atoms with van der Waals surface area (Å²) in [6.45, 7) is 2.12. The van der Waals surface area contributed by atoms with Crippen molar-refractivity contribution < 1.29 is 9.90 Å². The fourth-order valence-corrected chi connectivity index (χ4v) is 2.73. The number of aromatic nitrogens is 1. The highest BCUT2D eigenvalue weighted by Gasteiger charge is 2.09. The number of hydrogen-bond donors (Lipinski definition) is 1. The van der Waals surface area contributed by atoms with E-state index in [1.807, 2.05) is 17.5 Å². The second kappa shape index (κ2) is 5.78. The van der Waals surface area contributed by atoms with Crippen LogP contribution in [0.1, 0.15) is 24.6 Å². The minimum atomic E-state index is -0.779. The Morgan fingerprint density at radius 2 is 2.17 bits per heavy atom. The van der Waals surface area contributed by atoms with Crippen LogP contribution in [0.2, 0.25) is 0 Å². The van der Waals surface area contributed by atoms with E-state index < -0.39 is 5.97 Å². The van der Waals surface area contributed by atoms with Crippen LogP contribution in [0.5, 0.6) is 0 Å². The number of carbonyl (C=O) groups is 1. The highest BCUT2D eigenvalue weighted by molar-refractivity contribution is 7.13. The van der Waals surface area contributed by atoms with Gasteiger partial charge in [-0.05, 0) is 12.0 Å². The quantitative estimate of drug-likeness (QED) is 0.897. The summed E-state index contributed by atoms with van der Waals surface area (Å²) in [5.41, 5.74) is 3.30. The third-order valence-corrected chi connectivity index (χ3v) is 3.70. The molecular formula is C14H15NO2S. The molecule has 0 unspecified atom stereocenters. The van der Waals surface area contributed by atoms with Gasteiger partial charge in [-0.2, -0.15) is 0 Å². The summed E-state index contributed by atoms with van der Waals surface area (Å²) in [7, 11) is 0. The highest BCUT2D eigenvalue weighted by atomic mass is 32.1. The summed E-state index contributed by atoms with van der Waals surface area (Å²) in [6.07, 6.45) is 1.61. The van der Waals surface area contributed by atoms with Gasteiger partial charge in [-0.3, -0.25) is 4.79 Å². The average Bonchev–Trinajstić information content (AvgIpc) is 2.85. The minimum absolute atomic E-state index is 0.137. The van der Waals surface area contributed by atoms with Crippen molar-refractivity contribution in [2.24, 2.45) is 0 Å². The van der Waals surface area contributed by atoms with Crippen LogP contribution in [0.3, 0.4) is 0 Å². The number of thiazole rings is 1. The second-order valence-electron chi connectivity index (χ2n) is 4.05. The molecule has 1 aromatic carbocycles. The van der Waals surface area contributed by atoms with Crippen LogP contribution >= 0.6 is 11.3 Å².